The van der Waals surface area contributed by atoms with E-state index in [1.54, 1.807) is 7.11 Å². The van der Waals surface area contributed by atoms with E-state index in [-0.39, 0.29) is 11.3 Å². The van der Waals surface area contributed by atoms with Gasteiger partial charge in [-0.25, -0.2) is 0 Å². The van der Waals surface area contributed by atoms with Crippen LogP contribution < -0.4 is 4.74 Å². The predicted molar refractivity (Wildman–Crippen MR) is 85.5 cm³/mol. The van der Waals surface area contributed by atoms with Gasteiger partial charge in [-0.15, -0.1) is 0 Å². The van der Waals surface area contributed by atoms with Crippen LogP contribution in [0.15, 0.2) is 24.3 Å². The van der Waals surface area contributed by atoms with Gasteiger partial charge in [-0.05, 0) is 37.6 Å². The molecule has 2 rings (SSSR count). The minimum Gasteiger partial charge on any atom is -0.497 e. The SMILES string of the molecule is COc1ccc(CN(C)CC2CCCC(C)(C)C2=O)cc1. The van der Waals surface area contributed by atoms with E-state index < -0.39 is 0 Å². The highest BCUT2D eigenvalue weighted by Crippen LogP contribution is 2.35. The Labute approximate surface area is 128 Å². The fraction of sp³-hybridized carbons (Fsp3) is 0.611. The van der Waals surface area contributed by atoms with Crippen molar-refractivity contribution in [3.05, 3.63) is 29.8 Å². The Bertz CT molecular complexity index is 478. The first-order chi connectivity index (χ1) is 9.92. The Morgan fingerprint density at radius 1 is 1.29 bits per heavy atom. The minimum atomic E-state index is -0.135. The second-order valence-corrected chi connectivity index (χ2v) is 6.88. The van der Waals surface area contributed by atoms with Crippen LogP contribution in [0, 0.1) is 11.3 Å². The number of ether oxygens (including phenoxy) is 1. The van der Waals surface area contributed by atoms with Crippen LogP contribution in [-0.4, -0.2) is 31.4 Å². The zero-order valence-electron chi connectivity index (χ0n) is 13.7. The summed E-state index contributed by atoms with van der Waals surface area (Å²) >= 11 is 0. The number of carbonyl (C=O) groups excluding carboxylic acids is 1. The quantitative estimate of drug-likeness (QED) is 0.830. The van der Waals surface area contributed by atoms with Crippen LogP contribution in [0.5, 0.6) is 5.75 Å². The van der Waals surface area contributed by atoms with E-state index in [9.17, 15) is 4.79 Å². The summed E-state index contributed by atoms with van der Waals surface area (Å²) in [6, 6.07) is 8.14. The number of hydrogen-bond donors (Lipinski definition) is 0. The van der Waals surface area contributed by atoms with Crippen molar-refractivity contribution < 1.29 is 9.53 Å². The van der Waals surface area contributed by atoms with Crippen LogP contribution in [0.4, 0.5) is 0 Å². The summed E-state index contributed by atoms with van der Waals surface area (Å²) in [4.78, 5) is 14.7. The molecule has 3 heteroatoms. The number of hydrogen-bond acceptors (Lipinski definition) is 3. The van der Waals surface area contributed by atoms with Crippen LogP contribution in [0.1, 0.15) is 38.7 Å². The Morgan fingerprint density at radius 2 is 1.95 bits per heavy atom. The highest BCUT2D eigenvalue weighted by Gasteiger charge is 2.37. The van der Waals surface area contributed by atoms with Crippen molar-refractivity contribution >= 4 is 5.78 Å². The van der Waals surface area contributed by atoms with E-state index in [1.165, 1.54) is 12.0 Å². The number of carbonyl (C=O) groups is 1. The molecule has 0 amide bonds. The Balaban J connectivity index is 1.91. The van der Waals surface area contributed by atoms with Gasteiger partial charge in [0.05, 0.1) is 7.11 Å². The van der Waals surface area contributed by atoms with Crippen molar-refractivity contribution in [3.63, 3.8) is 0 Å². The van der Waals surface area contributed by atoms with Gasteiger partial charge in [0.1, 0.15) is 11.5 Å². The third kappa shape index (κ3) is 4.07. The first kappa shape index (κ1) is 16.0. The largest absolute Gasteiger partial charge is 0.497 e. The molecule has 0 spiro atoms. The smallest absolute Gasteiger partial charge is 0.142 e. The normalized spacial score (nSPS) is 21.6. The van der Waals surface area contributed by atoms with E-state index in [1.807, 2.05) is 12.1 Å². The second-order valence-electron chi connectivity index (χ2n) is 6.88. The molecule has 1 aromatic carbocycles. The molecule has 0 saturated heterocycles. The van der Waals surface area contributed by atoms with Gasteiger partial charge in [0.15, 0.2) is 0 Å². The number of methoxy groups -OCH3 is 1. The molecule has 0 aliphatic heterocycles. The van der Waals surface area contributed by atoms with Crippen LogP contribution in [0.2, 0.25) is 0 Å². The second kappa shape index (κ2) is 6.61. The minimum absolute atomic E-state index is 0.135. The average Bonchev–Trinajstić information content (AvgIpc) is 2.45. The third-order valence-electron chi connectivity index (χ3n) is 4.54. The van der Waals surface area contributed by atoms with Crippen LogP contribution in [-0.2, 0) is 11.3 Å². The lowest BCUT2D eigenvalue weighted by atomic mass is 9.71. The van der Waals surface area contributed by atoms with E-state index in [4.69, 9.17) is 4.74 Å². The van der Waals surface area contributed by atoms with Crippen molar-refractivity contribution in [1.29, 1.82) is 0 Å². The summed E-state index contributed by atoms with van der Waals surface area (Å²) in [5.74, 6) is 1.51. The predicted octanol–water partition coefficient (Wildman–Crippen LogP) is 3.52. The van der Waals surface area contributed by atoms with Crippen molar-refractivity contribution in [2.75, 3.05) is 20.7 Å². The lowest BCUT2D eigenvalue weighted by Gasteiger charge is -2.35. The Morgan fingerprint density at radius 3 is 2.57 bits per heavy atom. The van der Waals surface area contributed by atoms with Crippen LogP contribution >= 0.6 is 0 Å². The summed E-state index contributed by atoms with van der Waals surface area (Å²) in [5, 5.41) is 0. The molecule has 1 aliphatic carbocycles. The van der Waals surface area contributed by atoms with Crippen molar-refractivity contribution in [1.82, 2.24) is 4.90 Å². The molecule has 1 atom stereocenters. The summed E-state index contributed by atoms with van der Waals surface area (Å²) in [6.45, 7) is 5.90. The molecule has 0 N–H and O–H groups in total. The number of benzene rings is 1. The molecular weight excluding hydrogens is 262 g/mol. The average molecular weight is 289 g/mol. The molecule has 1 unspecified atom stereocenters. The molecule has 21 heavy (non-hydrogen) atoms. The topological polar surface area (TPSA) is 29.5 Å². The van der Waals surface area contributed by atoms with E-state index in [0.29, 0.717) is 5.78 Å². The summed E-state index contributed by atoms with van der Waals surface area (Å²) in [5.41, 5.74) is 1.12. The molecule has 1 aromatic rings. The number of rotatable bonds is 5. The highest BCUT2D eigenvalue weighted by molar-refractivity contribution is 5.87. The molecule has 0 heterocycles. The lowest BCUT2D eigenvalue weighted by Crippen LogP contribution is -2.40. The standard InChI is InChI=1S/C18H27NO2/c1-18(2)11-5-6-15(17(18)20)13-19(3)12-14-7-9-16(21-4)10-8-14/h7-10,15H,5-6,11-13H2,1-4H3. The van der Waals surface area contributed by atoms with Gasteiger partial charge < -0.3 is 9.64 Å². The molecule has 3 nitrogen and oxygen atoms in total. The van der Waals surface area contributed by atoms with Gasteiger partial charge in [-0.2, -0.15) is 0 Å². The van der Waals surface area contributed by atoms with Crippen molar-refractivity contribution in [2.24, 2.45) is 11.3 Å². The number of ketones is 1. The molecule has 1 saturated carbocycles. The lowest BCUT2D eigenvalue weighted by molar-refractivity contribution is -0.134. The summed E-state index contributed by atoms with van der Waals surface area (Å²) in [6.07, 6.45) is 3.24. The number of Topliss-reactive ketones (excluding diaryl/α,β-unsaturated/α-hetero) is 1. The molecule has 0 radical (unpaired) electrons. The monoisotopic (exact) mass is 289 g/mol. The van der Waals surface area contributed by atoms with Gasteiger partial charge in [0.25, 0.3) is 0 Å². The molecule has 0 bridgehead atoms. The maximum atomic E-state index is 12.5. The maximum Gasteiger partial charge on any atom is 0.142 e. The summed E-state index contributed by atoms with van der Waals surface area (Å²) < 4.78 is 5.17. The molecule has 116 valence electrons. The number of nitrogens with zero attached hydrogens (tertiary/aromatic N) is 1. The van der Waals surface area contributed by atoms with Gasteiger partial charge >= 0.3 is 0 Å². The summed E-state index contributed by atoms with van der Waals surface area (Å²) in [7, 11) is 3.77. The van der Waals surface area contributed by atoms with Gasteiger partial charge in [0, 0.05) is 24.4 Å². The van der Waals surface area contributed by atoms with E-state index in [0.717, 1.165) is 31.7 Å². The first-order valence-electron chi connectivity index (χ1n) is 7.78. The zero-order chi connectivity index (χ0) is 15.5. The van der Waals surface area contributed by atoms with Gasteiger partial charge in [-0.3, -0.25) is 4.79 Å². The fourth-order valence-electron chi connectivity index (χ4n) is 3.25. The third-order valence-corrected chi connectivity index (χ3v) is 4.54. The first-order valence-corrected chi connectivity index (χ1v) is 7.78. The Hall–Kier alpha value is -1.35. The van der Waals surface area contributed by atoms with Crippen molar-refractivity contribution in [3.8, 4) is 5.75 Å². The van der Waals surface area contributed by atoms with Crippen LogP contribution in [0.3, 0.4) is 0 Å². The molecular formula is C18H27NO2. The van der Waals surface area contributed by atoms with Gasteiger partial charge in [0.2, 0.25) is 0 Å². The highest BCUT2D eigenvalue weighted by atomic mass is 16.5. The fourth-order valence-corrected chi connectivity index (χ4v) is 3.25. The molecule has 1 fully saturated rings. The maximum absolute atomic E-state index is 12.5. The zero-order valence-corrected chi connectivity index (χ0v) is 13.7. The van der Waals surface area contributed by atoms with Crippen molar-refractivity contribution in [2.45, 2.75) is 39.7 Å². The molecule has 1 aliphatic rings. The van der Waals surface area contributed by atoms with Crippen LogP contribution in [0.25, 0.3) is 0 Å². The Kier molecular flexibility index (Phi) is 5.04. The molecule has 0 aromatic heterocycles. The van der Waals surface area contributed by atoms with E-state index in [2.05, 4.69) is 37.9 Å². The van der Waals surface area contributed by atoms with E-state index >= 15 is 0 Å². The van der Waals surface area contributed by atoms with Gasteiger partial charge in [-0.1, -0.05) is 32.4 Å².